The number of Topliss-reactive ketones (excluding diaryl/α,β-unsaturated/α-hetero) is 1. The highest BCUT2D eigenvalue weighted by Crippen LogP contribution is 2.34. The number of rotatable bonds is 9. The van der Waals surface area contributed by atoms with E-state index in [4.69, 9.17) is 0 Å². The van der Waals surface area contributed by atoms with Crippen molar-refractivity contribution in [3.05, 3.63) is 111 Å². The third-order valence-electron chi connectivity index (χ3n) is 13.0. The van der Waals surface area contributed by atoms with Gasteiger partial charge in [0.15, 0.2) is 11.4 Å². The van der Waals surface area contributed by atoms with Crippen molar-refractivity contribution >= 4 is 16.8 Å². The van der Waals surface area contributed by atoms with Gasteiger partial charge in [0, 0.05) is 44.2 Å². The molecule has 0 amide bonds. The van der Waals surface area contributed by atoms with E-state index in [-0.39, 0.29) is 28.8 Å². The minimum absolute atomic E-state index is 0.0555. The number of benzene rings is 2. The van der Waals surface area contributed by atoms with Gasteiger partial charge in [0.1, 0.15) is 17.3 Å². The first-order chi connectivity index (χ1) is 27.4. The summed E-state index contributed by atoms with van der Waals surface area (Å²) in [5, 5.41) is 0.0698. The van der Waals surface area contributed by atoms with Crippen LogP contribution in [0.1, 0.15) is 105 Å². The van der Waals surface area contributed by atoms with E-state index in [1.165, 1.54) is 66.0 Å². The van der Waals surface area contributed by atoms with Crippen LogP contribution in [-0.2, 0) is 19.5 Å². The molecule has 10 nitrogen and oxygen atoms in total. The maximum absolute atomic E-state index is 14.6. The average Bonchev–Trinajstić information content (AvgIpc) is 3.68. The van der Waals surface area contributed by atoms with E-state index >= 15 is 0 Å². The molecule has 3 fully saturated rings. The normalized spacial score (nSPS) is 21.3. The van der Waals surface area contributed by atoms with E-state index < -0.39 is 17.1 Å². The molecular formula is C45H52FN7O3. The Hall–Kier alpha value is -4.74. The number of likely N-dealkylation sites (tertiary alicyclic amines) is 2. The lowest BCUT2D eigenvalue weighted by Crippen LogP contribution is -2.46. The summed E-state index contributed by atoms with van der Waals surface area (Å²) in [7, 11) is 0. The number of halogens is 1. The van der Waals surface area contributed by atoms with Gasteiger partial charge in [0.2, 0.25) is 0 Å². The number of imidazole rings is 1. The minimum Gasteiger partial charge on any atom is -0.334 e. The van der Waals surface area contributed by atoms with Gasteiger partial charge in [-0.05, 0) is 131 Å². The maximum Gasteiger partial charge on any atom is 0.337 e. The fourth-order valence-corrected chi connectivity index (χ4v) is 9.87. The number of aromatic nitrogens is 5. The molecule has 292 valence electrons. The zero-order chi connectivity index (χ0) is 38.2. The first-order valence-corrected chi connectivity index (χ1v) is 21.0. The van der Waals surface area contributed by atoms with Crippen molar-refractivity contribution < 1.29 is 9.18 Å². The molecule has 9 rings (SSSR count). The fourth-order valence-electron chi connectivity index (χ4n) is 9.87. The summed E-state index contributed by atoms with van der Waals surface area (Å²) < 4.78 is 19.5. The van der Waals surface area contributed by atoms with Crippen LogP contribution in [0, 0.1) is 11.7 Å². The molecular weight excluding hydrogens is 706 g/mol. The number of hydrogen-bond donors (Lipinski definition) is 0. The number of carbonyl (C=O) groups excluding carboxylic acids is 1. The predicted octanol–water partition coefficient (Wildman–Crippen LogP) is 7.34. The van der Waals surface area contributed by atoms with Crippen LogP contribution in [0.15, 0.2) is 76.6 Å². The monoisotopic (exact) mass is 757 g/mol. The number of pyridine rings is 1. The Morgan fingerprint density at radius 2 is 1.55 bits per heavy atom. The van der Waals surface area contributed by atoms with E-state index in [0.717, 1.165) is 74.6 Å². The molecule has 3 aromatic heterocycles. The summed E-state index contributed by atoms with van der Waals surface area (Å²) in [6.07, 6.45) is 15.6. The van der Waals surface area contributed by atoms with Crippen LogP contribution in [-0.4, -0.2) is 71.5 Å². The lowest BCUT2D eigenvalue weighted by molar-refractivity contribution is 0.0896. The van der Waals surface area contributed by atoms with Crippen molar-refractivity contribution in [3.8, 4) is 16.8 Å². The molecule has 0 radical (unpaired) electrons. The first-order valence-electron chi connectivity index (χ1n) is 21.0. The second kappa shape index (κ2) is 16.0. The molecule has 56 heavy (non-hydrogen) atoms. The molecule has 1 saturated carbocycles. The third-order valence-corrected chi connectivity index (χ3v) is 13.0. The molecule has 4 aliphatic rings. The SMILES string of the molecule is O=C(CC1CCC(n2c(=O)c3cc(F)cnc3n(-c3cccc(-c4ccc(CN5CCC(N6CCCCC6)CC5)cc4)c3)c2=O)CC1)c1cn2c(n1)CCCC2. The Morgan fingerprint density at radius 3 is 2.32 bits per heavy atom. The molecule has 1 aliphatic carbocycles. The molecule has 3 aliphatic heterocycles. The fraction of sp³-hybridized carbons (Fsp3) is 0.489. The molecule has 11 heteroatoms. The Balaban J connectivity index is 0.916. The summed E-state index contributed by atoms with van der Waals surface area (Å²) in [5.74, 6) is 0.568. The van der Waals surface area contributed by atoms with Crippen molar-refractivity contribution in [1.82, 2.24) is 33.5 Å². The smallest absolute Gasteiger partial charge is 0.334 e. The highest BCUT2D eigenvalue weighted by atomic mass is 19.1. The van der Waals surface area contributed by atoms with Gasteiger partial charge in [0.05, 0.1) is 17.3 Å². The molecule has 0 bridgehead atoms. The molecule has 0 unspecified atom stereocenters. The summed E-state index contributed by atoms with van der Waals surface area (Å²) in [5.41, 5.74) is 3.46. The van der Waals surface area contributed by atoms with Gasteiger partial charge in [-0.1, -0.05) is 42.8 Å². The highest BCUT2D eigenvalue weighted by molar-refractivity contribution is 5.94. The molecule has 2 aromatic carbocycles. The molecule has 0 atom stereocenters. The van der Waals surface area contributed by atoms with Gasteiger partial charge < -0.3 is 9.47 Å². The lowest BCUT2D eigenvalue weighted by Gasteiger charge is -2.40. The quantitative estimate of drug-likeness (QED) is 0.145. The van der Waals surface area contributed by atoms with E-state index in [0.29, 0.717) is 43.5 Å². The van der Waals surface area contributed by atoms with Gasteiger partial charge in [-0.25, -0.2) is 23.7 Å². The molecule has 5 aromatic rings. The summed E-state index contributed by atoms with van der Waals surface area (Å²) in [6, 6.07) is 17.9. The van der Waals surface area contributed by atoms with Gasteiger partial charge in [-0.15, -0.1) is 0 Å². The number of aryl methyl sites for hydroxylation is 2. The number of nitrogens with zero attached hydrogens (tertiary/aromatic N) is 7. The Bertz CT molecular complexity index is 2300. The second-order valence-corrected chi connectivity index (χ2v) is 16.7. The van der Waals surface area contributed by atoms with Crippen LogP contribution < -0.4 is 11.2 Å². The highest BCUT2D eigenvalue weighted by Gasteiger charge is 2.30. The Morgan fingerprint density at radius 1 is 0.786 bits per heavy atom. The predicted molar refractivity (Wildman–Crippen MR) is 216 cm³/mol. The number of ketones is 1. The van der Waals surface area contributed by atoms with Crippen molar-refractivity contribution in [2.75, 3.05) is 26.2 Å². The number of hydrogen-bond acceptors (Lipinski definition) is 7. The van der Waals surface area contributed by atoms with Gasteiger partial charge in [0.25, 0.3) is 5.56 Å². The molecule has 0 N–H and O–H groups in total. The summed E-state index contributed by atoms with van der Waals surface area (Å²) >= 11 is 0. The van der Waals surface area contributed by atoms with E-state index in [2.05, 4.69) is 48.6 Å². The van der Waals surface area contributed by atoms with Crippen LogP contribution in [0.4, 0.5) is 4.39 Å². The van der Waals surface area contributed by atoms with Crippen molar-refractivity contribution in [1.29, 1.82) is 0 Å². The van der Waals surface area contributed by atoms with Crippen LogP contribution in [0.5, 0.6) is 0 Å². The maximum atomic E-state index is 14.6. The number of fused-ring (bicyclic) bond motifs is 2. The third kappa shape index (κ3) is 7.55. The Labute approximate surface area is 327 Å². The zero-order valence-corrected chi connectivity index (χ0v) is 32.3. The van der Waals surface area contributed by atoms with Crippen LogP contribution in [0.3, 0.4) is 0 Å². The van der Waals surface area contributed by atoms with Crippen molar-refractivity contribution in [3.63, 3.8) is 0 Å². The largest absolute Gasteiger partial charge is 0.337 e. The zero-order valence-electron chi connectivity index (χ0n) is 32.3. The van der Waals surface area contributed by atoms with Crippen LogP contribution in [0.25, 0.3) is 27.8 Å². The number of piperidine rings is 2. The van der Waals surface area contributed by atoms with Crippen molar-refractivity contribution in [2.24, 2.45) is 5.92 Å². The lowest BCUT2D eigenvalue weighted by atomic mass is 9.82. The minimum atomic E-state index is -0.630. The summed E-state index contributed by atoms with van der Waals surface area (Å²) in [4.78, 5) is 55.8. The second-order valence-electron chi connectivity index (χ2n) is 16.7. The summed E-state index contributed by atoms with van der Waals surface area (Å²) in [6.45, 7) is 6.62. The molecule has 0 spiro atoms. The first kappa shape index (κ1) is 36.9. The molecule has 6 heterocycles. The van der Waals surface area contributed by atoms with Crippen LogP contribution in [0.2, 0.25) is 0 Å². The topological polar surface area (TPSA) is 98.3 Å². The average molecular weight is 758 g/mol. The van der Waals surface area contributed by atoms with E-state index in [1.807, 2.05) is 30.5 Å². The standard InChI is InChI=1S/C45H52FN7O3/c46-35-27-39-43(47-28-35)52(45(56)53(44(39)55)37-16-12-31(13-17-37)25-41(54)40-30-51-22-5-2-9-42(51)48-40)38-8-6-7-34(26-38)33-14-10-32(11-15-33)29-49-23-18-36(19-24-49)50-20-3-1-4-21-50/h6-8,10-11,14-15,26-28,30-31,36-37H,1-5,9,12-13,16-25,29H2. The van der Waals surface area contributed by atoms with Gasteiger partial charge in [-0.3, -0.25) is 19.1 Å². The van der Waals surface area contributed by atoms with E-state index in [1.54, 1.807) is 0 Å². The Kier molecular flexibility index (Phi) is 10.5. The van der Waals surface area contributed by atoms with E-state index in [9.17, 15) is 18.8 Å². The van der Waals surface area contributed by atoms with Gasteiger partial charge in [-0.2, -0.15) is 0 Å². The molecule has 2 saturated heterocycles. The van der Waals surface area contributed by atoms with Gasteiger partial charge >= 0.3 is 5.69 Å². The number of carbonyl (C=O) groups is 1. The van der Waals surface area contributed by atoms with Crippen molar-refractivity contribution in [2.45, 2.75) is 109 Å². The van der Waals surface area contributed by atoms with Crippen LogP contribution >= 0.6 is 0 Å².